The molecule has 0 bridgehead atoms. The molecule has 2 heterocycles. The van der Waals surface area contributed by atoms with Crippen molar-refractivity contribution in [2.24, 2.45) is 0 Å². The van der Waals surface area contributed by atoms with Crippen LogP contribution < -0.4 is 9.47 Å². The summed E-state index contributed by atoms with van der Waals surface area (Å²) in [6, 6.07) is 1.09. The molecule has 6 heteroatoms. The molecule has 0 N–H and O–H groups in total. The van der Waals surface area contributed by atoms with E-state index in [-0.39, 0.29) is 43.2 Å². The highest BCUT2D eigenvalue weighted by Crippen LogP contribution is 2.37. The normalized spacial score (nSPS) is 21.8. The second-order valence-electron chi connectivity index (χ2n) is 4.79. The molecule has 3 rings (SSSR count). The maximum Gasteiger partial charge on any atom is 0.200 e. The molecule has 1 aromatic rings. The predicted octanol–water partition coefficient (Wildman–Crippen LogP) is 2.78. The van der Waals surface area contributed by atoms with E-state index in [0.717, 1.165) is 25.3 Å². The summed E-state index contributed by atoms with van der Waals surface area (Å²) in [6.07, 6.45) is 2.45. The lowest BCUT2D eigenvalue weighted by atomic mass is 10.1. The van der Waals surface area contributed by atoms with Crippen molar-refractivity contribution < 1.29 is 27.7 Å². The third-order valence-corrected chi connectivity index (χ3v) is 3.34. The van der Waals surface area contributed by atoms with Gasteiger partial charge in [-0.2, -0.15) is 0 Å². The summed E-state index contributed by atoms with van der Waals surface area (Å²) in [5.74, 6) is -1.59. The molecule has 1 fully saturated rings. The first-order valence-electron chi connectivity index (χ1n) is 6.75. The van der Waals surface area contributed by atoms with E-state index >= 15 is 0 Å². The monoisotopic (exact) mass is 286 g/mol. The summed E-state index contributed by atoms with van der Waals surface area (Å²) >= 11 is 0. The molecule has 0 aromatic heterocycles. The lowest BCUT2D eigenvalue weighted by Gasteiger charge is -2.24. The van der Waals surface area contributed by atoms with Crippen LogP contribution in [0, 0.1) is 11.6 Å². The van der Waals surface area contributed by atoms with Gasteiger partial charge in [0, 0.05) is 12.2 Å². The van der Waals surface area contributed by atoms with E-state index in [1.807, 2.05) is 0 Å². The van der Waals surface area contributed by atoms with Crippen LogP contribution in [0.1, 0.15) is 24.8 Å². The second kappa shape index (κ2) is 5.93. The number of fused-ring (bicyclic) bond motifs is 1. The van der Waals surface area contributed by atoms with Crippen LogP contribution in [0.2, 0.25) is 0 Å². The zero-order chi connectivity index (χ0) is 13.9. The zero-order valence-corrected chi connectivity index (χ0v) is 11.0. The maximum absolute atomic E-state index is 14.2. The molecule has 0 amide bonds. The Hall–Kier alpha value is -1.40. The number of hydrogen-bond acceptors (Lipinski definition) is 4. The Balaban J connectivity index is 1.74. The molecule has 0 aliphatic carbocycles. The van der Waals surface area contributed by atoms with Crippen molar-refractivity contribution in [2.75, 3.05) is 19.8 Å². The van der Waals surface area contributed by atoms with E-state index in [0.29, 0.717) is 6.61 Å². The molecular weight excluding hydrogens is 270 g/mol. The lowest BCUT2D eigenvalue weighted by molar-refractivity contribution is -0.169. The summed E-state index contributed by atoms with van der Waals surface area (Å²) in [4.78, 5) is 0. The van der Waals surface area contributed by atoms with Crippen LogP contribution in [0.4, 0.5) is 8.78 Å². The van der Waals surface area contributed by atoms with Gasteiger partial charge in [-0.15, -0.1) is 0 Å². The number of benzene rings is 1. The van der Waals surface area contributed by atoms with Gasteiger partial charge in [-0.25, -0.2) is 8.78 Å². The Morgan fingerprint density at radius 3 is 2.65 bits per heavy atom. The maximum atomic E-state index is 14.2. The molecule has 4 nitrogen and oxygen atoms in total. The Morgan fingerprint density at radius 2 is 1.90 bits per heavy atom. The van der Waals surface area contributed by atoms with Gasteiger partial charge in [0.1, 0.15) is 13.2 Å². The number of rotatable bonds is 3. The van der Waals surface area contributed by atoms with Gasteiger partial charge < -0.3 is 18.9 Å². The van der Waals surface area contributed by atoms with E-state index in [9.17, 15) is 8.78 Å². The summed E-state index contributed by atoms with van der Waals surface area (Å²) in [6.45, 7) is 1.02. The molecule has 1 saturated heterocycles. The van der Waals surface area contributed by atoms with Crippen LogP contribution in [0.5, 0.6) is 11.5 Å². The van der Waals surface area contributed by atoms with Crippen LogP contribution >= 0.6 is 0 Å². The topological polar surface area (TPSA) is 36.9 Å². The molecular formula is C14H16F2O4. The van der Waals surface area contributed by atoms with Gasteiger partial charge in [-0.05, 0) is 25.3 Å². The third-order valence-electron chi connectivity index (χ3n) is 3.34. The fraction of sp³-hybridized carbons (Fsp3) is 0.571. The number of halogens is 2. The summed E-state index contributed by atoms with van der Waals surface area (Å²) in [5.41, 5.74) is 0.112. The van der Waals surface area contributed by atoms with Crippen LogP contribution in [-0.2, 0) is 16.1 Å². The predicted molar refractivity (Wildman–Crippen MR) is 65.7 cm³/mol. The largest absolute Gasteiger partial charge is 0.483 e. The Labute approximate surface area is 115 Å². The standard InChI is InChI=1S/C14H16F2O4/c15-10-7-9(8-20-11-3-1-2-4-17-11)12(16)14-13(10)18-5-6-19-14/h7,11H,1-6,8H2. The van der Waals surface area contributed by atoms with Crippen molar-refractivity contribution in [1.29, 1.82) is 0 Å². The summed E-state index contributed by atoms with van der Waals surface area (Å²) in [7, 11) is 0. The molecule has 2 aliphatic rings. The molecule has 0 spiro atoms. The Morgan fingerprint density at radius 1 is 1.10 bits per heavy atom. The van der Waals surface area contributed by atoms with Crippen LogP contribution in [0.3, 0.4) is 0 Å². The Kier molecular flexibility index (Phi) is 4.03. The van der Waals surface area contributed by atoms with Gasteiger partial charge >= 0.3 is 0 Å². The highest BCUT2D eigenvalue weighted by Gasteiger charge is 2.25. The van der Waals surface area contributed by atoms with Crippen molar-refractivity contribution in [3.8, 4) is 11.5 Å². The highest BCUT2D eigenvalue weighted by atomic mass is 19.1. The molecule has 2 aliphatic heterocycles. The highest BCUT2D eigenvalue weighted by molar-refractivity contribution is 5.46. The molecule has 1 aromatic carbocycles. The lowest BCUT2D eigenvalue weighted by Crippen LogP contribution is -2.23. The van der Waals surface area contributed by atoms with E-state index in [1.165, 1.54) is 0 Å². The minimum absolute atomic E-state index is 0.0515. The SMILES string of the molecule is Fc1cc(COC2CCCCO2)c(F)c2c1OCCO2. The minimum Gasteiger partial charge on any atom is -0.483 e. The average Bonchev–Trinajstić information content (AvgIpc) is 2.50. The fourth-order valence-corrected chi connectivity index (χ4v) is 2.32. The van der Waals surface area contributed by atoms with Gasteiger partial charge in [-0.1, -0.05) is 0 Å². The summed E-state index contributed by atoms with van der Waals surface area (Å²) < 4.78 is 49.1. The van der Waals surface area contributed by atoms with Crippen molar-refractivity contribution in [1.82, 2.24) is 0 Å². The van der Waals surface area contributed by atoms with E-state index in [4.69, 9.17) is 18.9 Å². The second-order valence-corrected chi connectivity index (χ2v) is 4.79. The van der Waals surface area contributed by atoms with E-state index in [1.54, 1.807) is 0 Å². The van der Waals surface area contributed by atoms with Crippen LogP contribution in [0.15, 0.2) is 6.07 Å². The third kappa shape index (κ3) is 2.71. The van der Waals surface area contributed by atoms with Gasteiger partial charge in [0.05, 0.1) is 6.61 Å². The molecule has 110 valence electrons. The van der Waals surface area contributed by atoms with E-state index < -0.39 is 11.6 Å². The quantitative estimate of drug-likeness (QED) is 0.856. The van der Waals surface area contributed by atoms with Crippen molar-refractivity contribution >= 4 is 0 Å². The van der Waals surface area contributed by atoms with Crippen LogP contribution in [0.25, 0.3) is 0 Å². The fourth-order valence-electron chi connectivity index (χ4n) is 2.32. The van der Waals surface area contributed by atoms with Crippen molar-refractivity contribution in [3.63, 3.8) is 0 Å². The van der Waals surface area contributed by atoms with Gasteiger partial charge in [-0.3, -0.25) is 0 Å². The molecule has 1 unspecified atom stereocenters. The zero-order valence-electron chi connectivity index (χ0n) is 11.0. The molecule has 1 atom stereocenters. The first-order valence-corrected chi connectivity index (χ1v) is 6.75. The average molecular weight is 286 g/mol. The minimum atomic E-state index is -0.635. The van der Waals surface area contributed by atoms with Gasteiger partial charge in [0.2, 0.25) is 5.75 Å². The smallest absolute Gasteiger partial charge is 0.200 e. The van der Waals surface area contributed by atoms with Crippen molar-refractivity contribution in [3.05, 3.63) is 23.3 Å². The van der Waals surface area contributed by atoms with Gasteiger partial charge in [0.25, 0.3) is 0 Å². The van der Waals surface area contributed by atoms with E-state index in [2.05, 4.69) is 0 Å². The first-order chi connectivity index (χ1) is 9.75. The van der Waals surface area contributed by atoms with Crippen molar-refractivity contribution in [2.45, 2.75) is 32.2 Å². The first kappa shape index (κ1) is 13.6. The molecule has 0 saturated carbocycles. The van der Waals surface area contributed by atoms with Gasteiger partial charge in [0.15, 0.2) is 23.7 Å². The molecule has 0 radical (unpaired) electrons. The Bertz CT molecular complexity index is 487. The number of ether oxygens (including phenoxy) is 4. The summed E-state index contributed by atoms with van der Waals surface area (Å²) in [5, 5.41) is 0. The molecule has 20 heavy (non-hydrogen) atoms. The van der Waals surface area contributed by atoms with Crippen LogP contribution in [-0.4, -0.2) is 26.1 Å². The number of hydrogen-bond donors (Lipinski definition) is 0.